The first-order valence-corrected chi connectivity index (χ1v) is 11.1. The van der Waals surface area contributed by atoms with Gasteiger partial charge in [0.15, 0.2) is 0 Å². The zero-order valence-electron chi connectivity index (χ0n) is 17.1. The summed E-state index contributed by atoms with van der Waals surface area (Å²) in [5, 5.41) is 33.7. The fourth-order valence-electron chi connectivity index (χ4n) is 8.49. The Morgan fingerprint density at radius 1 is 1.11 bits per heavy atom. The topological polar surface area (TPSA) is 87.0 Å². The van der Waals surface area contributed by atoms with Gasteiger partial charge in [0.05, 0.1) is 17.8 Å². The Balaban J connectivity index is 1.51. The molecule has 5 rings (SSSR count). The Hall–Kier alpha value is -0.910. The summed E-state index contributed by atoms with van der Waals surface area (Å²) in [6, 6.07) is 0. The minimum atomic E-state index is -0.807. The molecule has 0 amide bonds. The molecule has 1 aliphatic heterocycles. The lowest BCUT2D eigenvalue weighted by molar-refractivity contribution is -0.242. The van der Waals surface area contributed by atoms with Crippen LogP contribution in [0.4, 0.5) is 0 Å². The van der Waals surface area contributed by atoms with Gasteiger partial charge in [0, 0.05) is 11.5 Å². The number of hydrogen-bond acceptors (Lipinski definition) is 5. The molecule has 0 bridgehead atoms. The highest BCUT2D eigenvalue weighted by atomic mass is 16.5. The molecule has 0 aromatic heterocycles. The van der Waals surface area contributed by atoms with Crippen molar-refractivity contribution >= 4 is 5.97 Å². The van der Waals surface area contributed by atoms with Crippen LogP contribution in [0.15, 0.2) is 11.6 Å². The van der Waals surface area contributed by atoms with Crippen LogP contribution in [0.3, 0.4) is 0 Å². The number of hydrogen-bond donors (Lipinski definition) is 3. The van der Waals surface area contributed by atoms with Crippen LogP contribution in [0.25, 0.3) is 0 Å². The van der Waals surface area contributed by atoms with Gasteiger partial charge in [-0.2, -0.15) is 0 Å². The molecule has 9 atom stereocenters. The molecular weight excluding hydrogens is 356 g/mol. The summed E-state index contributed by atoms with van der Waals surface area (Å²) in [5.74, 6) is 0.420. The SMILES string of the molecule is C[C@]12CC[C@H](O)C[C@H]1CC[C@@H]1[C@@H]2[C@H](O)C[C@]2(C)[C@@H](C3=CC(=O)OC3)CC[C@@]12O. The Morgan fingerprint density at radius 3 is 2.61 bits per heavy atom. The van der Waals surface area contributed by atoms with E-state index in [-0.39, 0.29) is 35.2 Å². The van der Waals surface area contributed by atoms with Crippen molar-refractivity contribution in [3.05, 3.63) is 11.6 Å². The van der Waals surface area contributed by atoms with Crippen molar-refractivity contribution in [2.45, 2.75) is 83.0 Å². The first kappa shape index (κ1) is 19.1. The number of aliphatic hydroxyl groups excluding tert-OH is 2. The van der Waals surface area contributed by atoms with Crippen molar-refractivity contribution in [1.82, 2.24) is 0 Å². The van der Waals surface area contributed by atoms with E-state index in [1.807, 2.05) is 0 Å². The summed E-state index contributed by atoms with van der Waals surface area (Å²) in [4.78, 5) is 11.6. The second-order valence-electron chi connectivity index (χ2n) is 10.9. The van der Waals surface area contributed by atoms with Gasteiger partial charge in [0.25, 0.3) is 0 Å². The van der Waals surface area contributed by atoms with Crippen LogP contribution in [0.1, 0.15) is 65.2 Å². The van der Waals surface area contributed by atoms with Crippen LogP contribution in [0.2, 0.25) is 0 Å². The van der Waals surface area contributed by atoms with E-state index in [4.69, 9.17) is 4.74 Å². The minimum absolute atomic E-state index is 0.0115. The second-order valence-corrected chi connectivity index (χ2v) is 10.9. The van der Waals surface area contributed by atoms with Crippen LogP contribution in [-0.4, -0.2) is 45.7 Å². The number of esters is 1. The van der Waals surface area contributed by atoms with Gasteiger partial charge in [0.2, 0.25) is 0 Å². The summed E-state index contributed by atoms with van der Waals surface area (Å²) < 4.78 is 5.17. The van der Waals surface area contributed by atoms with E-state index in [2.05, 4.69) is 13.8 Å². The molecule has 4 aliphatic carbocycles. The molecule has 5 nitrogen and oxygen atoms in total. The van der Waals surface area contributed by atoms with Gasteiger partial charge in [-0.1, -0.05) is 13.8 Å². The standard InChI is InChI=1S/C23H34O5/c1-21-7-5-15(24)10-14(21)3-4-17-20(21)18(25)11-22(2)16(6-8-23(17,22)27)13-9-19(26)28-12-13/h9,14-18,20,24-25,27H,3-8,10-12H2,1-2H3/t14-,15+,16-,17-,18-,20-,21+,22-,23-/m1/s1. The monoisotopic (exact) mass is 390 g/mol. The van der Waals surface area contributed by atoms with E-state index < -0.39 is 17.1 Å². The zero-order chi connectivity index (χ0) is 19.9. The average molecular weight is 391 g/mol. The lowest BCUT2D eigenvalue weighted by Crippen LogP contribution is -2.66. The van der Waals surface area contributed by atoms with Crippen molar-refractivity contribution < 1.29 is 24.9 Å². The van der Waals surface area contributed by atoms with Crippen molar-refractivity contribution in [1.29, 1.82) is 0 Å². The van der Waals surface area contributed by atoms with E-state index in [1.54, 1.807) is 6.08 Å². The van der Waals surface area contributed by atoms with Crippen LogP contribution in [0.5, 0.6) is 0 Å². The molecule has 0 unspecified atom stereocenters. The van der Waals surface area contributed by atoms with Gasteiger partial charge in [-0.05, 0) is 86.0 Å². The van der Waals surface area contributed by atoms with E-state index >= 15 is 0 Å². The third-order valence-corrected chi connectivity index (χ3v) is 9.89. The van der Waals surface area contributed by atoms with Crippen LogP contribution in [0, 0.1) is 34.5 Å². The second kappa shape index (κ2) is 6.05. The lowest BCUT2D eigenvalue weighted by atomic mass is 9.42. The molecule has 28 heavy (non-hydrogen) atoms. The highest BCUT2D eigenvalue weighted by Crippen LogP contribution is 2.69. The summed E-state index contributed by atoms with van der Waals surface area (Å²) >= 11 is 0. The number of rotatable bonds is 1. The number of fused-ring (bicyclic) bond motifs is 5. The fourth-order valence-corrected chi connectivity index (χ4v) is 8.49. The zero-order valence-corrected chi connectivity index (χ0v) is 17.1. The summed E-state index contributed by atoms with van der Waals surface area (Å²) in [7, 11) is 0. The average Bonchev–Trinajstić information content (AvgIpc) is 3.16. The third kappa shape index (κ3) is 2.33. The van der Waals surface area contributed by atoms with Gasteiger partial charge in [-0.15, -0.1) is 0 Å². The summed E-state index contributed by atoms with van der Waals surface area (Å²) in [6.07, 6.45) is 7.61. The number of cyclic esters (lactones) is 1. The Labute approximate surface area is 167 Å². The molecule has 1 heterocycles. The van der Waals surface area contributed by atoms with Crippen molar-refractivity contribution in [2.75, 3.05) is 6.61 Å². The molecule has 0 saturated heterocycles. The van der Waals surface area contributed by atoms with E-state index in [9.17, 15) is 20.1 Å². The third-order valence-electron chi connectivity index (χ3n) is 9.89. The normalized spacial score (nSPS) is 55.8. The van der Waals surface area contributed by atoms with Crippen molar-refractivity contribution in [2.24, 2.45) is 34.5 Å². The maximum Gasteiger partial charge on any atom is 0.331 e. The molecule has 0 aromatic carbocycles. The predicted octanol–water partition coefficient (Wildman–Crippen LogP) is 2.58. The number of carbonyl (C=O) groups is 1. The molecule has 0 aromatic rings. The molecule has 3 N–H and O–H groups in total. The smallest absolute Gasteiger partial charge is 0.331 e. The van der Waals surface area contributed by atoms with Crippen LogP contribution < -0.4 is 0 Å². The molecular formula is C23H34O5. The number of aliphatic hydroxyl groups is 3. The molecule has 0 spiro atoms. The van der Waals surface area contributed by atoms with Gasteiger partial charge in [-0.3, -0.25) is 0 Å². The number of carbonyl (C=O) groups excluding carboxylic acids is 1. The highest BCUT2D eigenvalue weighted by Gasteiger charge is 2.69. The molecule has 5 aliphatic rings. The van der Waals surface area contributed by atoms with Gasteiger partial charge in [0.1, 0.15) is 6.61 Å². The molecule has 5 heteroatoms. The fraction of sp³-hybridized carbons (Fsp3) is 0.870. The minimum Gasteiger partial charge on any atom is -0.458 e. The van der Waals surface area contributed by atoms with Gasteiger partial charge >= 0.3 is 5.97 Å². The summed E-state index contributed by atoms with van der Waals surface area (Å²) in [5.41, 5.74) is -0.250. The van der Waals surface area contributed by atoms with E-state index in [1.165, 1.54) is 0 Å². The van der Waals surface area contributed by atoms with E-state index in [0.717, 1.165) is 50.5 Å². The first-order chi connectivity index (χ1) is 13.2. The van der Waals surface area contributed by atoms with Crippen molar-refractivity contribution in [3.8, 4) is 0 Å². The Bertz CT molecular complexity index is 718. The highest BCUT2D eigenvalue weighted by molar-refractivity contribution is 5.85. The maximum atomic E-state index is 12.1. The molecule has 0 radical (unpaired) electrons. The predicted molar refractivity (Wildman–Crippen MR) is 103 cm³/mol. The molecule has 156 valence electrons. The summed E-state index contributed by atoms with van der Waals surface area (Å²) in [6.45, 7) is 4.76. The van der Waals surface area contributed by atoms with Crippen LogP contribution in [-0.2, 0) is 9.53 Å². The Morgan fingerprint density at radius 2 is 1.89 bits per heavy atom. The van der Waals surface area contributed by atoms with Crippen molar-refractivity contribution in [3.63, 3.8) is 0 Å². The maximum absolute atomic E-state index is 12.1. The van der Waals surface area contributed by atoms with Gasteiger partial charge in [-0.25, -0.2) is 4.79 Å². The molecule has 4 fully saturated rings. The lowest BCUT2D eigenvalue weighted by Gasteiger charge is -2.65. The quantitative estimate of drug-likeness (QED) is 0.599. The largest absolute Gasteiger partial charge is 0.458 e. The van der Waals surface area contributed by atoms with Crippen LogP contribution >= 0.6 is 0 Å². The van der Waals surface area contributed by atoms with E-state index in [0.29, 0.717) is 18.9 Å². The first-order valence-electron chi connectivity index (χ1n) is 11.1. The van der Waals surface area contributed by atoms with Gasteiger partial charge < -0.3 is 20.1 Å². The molecule has 4 saturated carbocycles. The Kier molecular flexibility index (Phi) is 4.12. The number of ether oxygens (including phenoxy) is 1.